The van der Waals surface area contributed by atoms with Crippen LogP contribution in [0.4, 0.5) is 0 Å². The molecule has 8 heteroatoms. The zero-order chi connectivity index (χ0) is 26.4. The maximum atomic E-state index is 13.4. The van der Waals surface area contributed by atoms with E-state index < -0.39 is 29.9 Å². The summed E-state index contributed by atoms with van der Waals surface area (Å²) in [6.07, 6.45) is 1.94. The number of benzene rings is 2. The van der Waals surface area contributed by atoms with Gasteiger partial charge in [0.1, 0.15) is 0 Å². The summed E-state index contributed by atoms with van der Waals surface area (Å²) in [4.78, 5) is 51.4. The Kier molecular flexibility index (Phi) is 5.27. The van der Waals surface area contributed by atoms with Crippen LogP contribution in [0.2, 0.25) is 0 Å². The number of esters is 1. The fourth-order valence-electron chi connectivity index (χ4n) is 7.41. The van der Waals surface area contributed by atoms with Gasteiger partial charge < -0.3 is 14.2 Å². The van der Waals surface area contributed by atoms with Crippen LogP contribution in [0.15, 0.2) is 42.5 Å². The highest BCUT2D eigenvalue weighted by Crippen LogP contribution is 2.60. The second-order valence-corrected chi connectivity index (χ2v) is 11.6. The second kappa shape index (κ2) is 8.29. The first-order chi connectivity index (χ1) is 18.2. The van der Waals surface area contributed by atoms with Gasteiger partial charge in [-0.25, -0.2) is 14.6 Å². The molecule has 8 atom stereocenters. The van der Waals surface area contributed by atoms with Gasteiger partial charge in [0.2, 0.25) is 12.1 Å². The molecule has 4 heterocycles. The van der Waals surface area contributed by atoms with Crippen molar-refractivity contribution in [2.75, 3.05) is 0 Å². The van der Waals surface area contributed by atoms with E-state index in [0.717, 1.165) is 19.3 Å². The Balaban J connectivity index is 1.17. The van der Waals surface area contributed by atoms with Crippen molar-refractivity contribution in [2.24, 2.45) is 23.7 Å². The summed E-state index contributed by atoms with van der Waals surface area (Å²) < 4.78 is 18.6. The molecule has 1 spiro atoms. The molecular formula is C30H30O8. The van der Waals surface area contributed by atoms with E-state index in [1.54, 1.807) is 24.3 Å². The molecule has 0 radical (unpaired) electrons. The Morgan fingerprint density at radius 1 is 0.895 bits per heavy atom. The summed E-state index contributed by atoms with van der Waals surface area (Å²) in [5.41, 5.74) is 0.628. The Morgan fingerprint density at radius 3 is 2.37 bits per heavy atom. The lowest BCUT2D eigenvalue weighted by Crippen LogP contribution is -2.70. The van der Waals surface area contributed by atoms with E-state index in [-0.39, 0.29) is 46.0 Å². The van der Waals surface area contributed by atoms with Crippen molar-refractivity contribution < 1.29 is 38.4 Å². The van der Waals surface area contributed by atoms with E-state index in [1.165, 1.54) is 18.2 Å². The van der Waals surface area contributed by atoms with Crippen molar-refractivity contribution in [1.82, 2.24) is 0 Å². The number of ketones is 2. The van der Waals surface area contributed by atoms with Gasteiger partial charge in [0.15, 0.2) is 23.5 Å². The molecule has 0 aromatic heterocycles. The largest absolute Gasteiger partial charge is 0.432 e. The molecule has 2 aliphatic carbocycles. The molecule has 2 bridgehead atoms. The van der Waals surface area contributed by atoms with Crippen molar-refractivity contribution >= 4 is 17.5 Å². The lowest BCUT2D eigenvalue weighted by Gasteiger charge is -2.59. The minimum absolute atomic E-state index is 0.0159. The normalized spacial score (nSPS) is 39.0. The molecule has 2 aromatic carbocycles. The van der Waals surface area contributed by atoms with Crippen LogP contribution in [0.5, 0.6) is 0 Å². The first-order valence-electron chi connectivity index (χ1n) is 13.5. The van der Waals surface area contributed by atoms with E-state index in [2.05, 4.69) is 6.92 Å². The summed E-state index contributed by atoms with van der Waals surface area (Å²) >= 11 is 0. The molecule has 0 N–H and O–H groups in total. The van der Waals surface area contributed by atoms with Gasteiger partial charge in [-0.15, -0.1) is 0 Å². The van der Waals surface area contributed by atoms with Crippen LogP contribution in [-0.4, -0.2) is 41.5 Å². The van der Waals surface area contributed by atoms with Crippen LogP contribution >= 0.6 is 0 Å². The monoisotopic (exact) mass is 518 g/mol. The van der Waals surface area contributed by atoms with Gasteiger partial charge in [0.25, 0.3) is 0 Å². The first kappa shape index (κ1) is 24.2. The number of hydrogen-bond donors (Lipinski definition) is 0. The van der Waals surface area contributed by atoms with Crippen molar-refractivity contribution in [2.45, 2.75) is 70.4 Å². The van der Waals surface area contributed by atoms with Crippen LogP contribution in [0.1, 0.15) is 88.7 Å². The fraction of sp³-hybridized carbons (Fsp3) is 0.500. The number of ether oxygens (including phenoxy) is 3. The average molecular weight is 519 g/mol. The number of carbonyl (C=O) groups excluding carboxylic acids is 3. The number of carbonyl (C=O) groups is 3. The van der Waals surface area contributed by atoms with Crippen LogP contribution < -0.4 is 0 Å². The molecule has 1 saturated carbocycles. The van der Waals surface area contributed by atoms with Crippen molar-refractivity contribution in [3.05, 3.63) is 70.3 Å². The predicted octanol–water partition coefficient (Wildman–Crippen LogP) is 4.83. The average Bonchev–Trinajstić information content (AvgIpc) is 3.15. The first-order valence-corrected chi connectivity index (χ1v) is 13.5. The van der Waals surface area contributed by atoms with E-state index in [0.29, 0.717) is 23.5 Å². The molecule has 5 fully saturated rings. The lowest BCUT2D eigenvalue weighted by molar-refractivity contribution is -0.576. The fourth-order valence-corrected chi connectivity index (χ4v) is 7.41. The zero-order valence-electron chi connectivity index (χ0n) is 21.6. The molecule has 8 rings (SSSR count). The molecular weight excluding hydrogens is 488 g/mol. The van der Waals surface area contributed by atoms with Crippen LogP contribution in [0.25, 0.3) is 0 Å². The standard InChI is InChI=1S/C30H30O8/c1-15-8-11-23-16(2)27(35-28-30(23)22(15)12-13-29(3,36-28)37-38-30)34-26(33)17-9-10-20-21(14-17)25(32)19-7-5-4-6-18(19)24(20)31/h4-7,9-10,14-16,22-23,27-28H,8,11-13H2,1-3H3/t15-,16-,22+,23+,27+,28-,29-,30-/m1/s1. The maximum absolute atomic E-state index is 13.4. The molecule has 198 valence electrons. The van der Waals surface area contributed by atoms with Gasteiger partial charge in [-0.05, 0) is 56.2 Å². The van der Waals surface area contributed by atoms with Gasteiger partial charge in [-0.3, -0.25) is 9.59 Å². The highest BCUT2D eigenvalue weighted by molar-refractivity contribution is 6.28. The van der Waals surface area contributed by atoms with Crippen molar-refractivity contribution in [1.29, 1.82) is 0 Å². The van der Waals surface area contributed by atoms with Gasteiger partial charge in [0, 0.05) is 40.5 Å². The molecule has 4 saturated heterocycles. The van der Waals surface area contributed by atoms with Crippen LogP contribution in [0.3, 0.4) is 0 Å². The Morgan fingerprint density at radius 2 is 1.61 bits per heavy atom. The highest BCUT2D eigenvalue weighted by Gasteiger charge is 2.69. The summed E-state index contributed by atoms with van der Waals surface area (Å²) in [6.45, 7) is 6.10. The molecule has 8 nitrogen and oxygen atoms in total. The minimum atomic E-state index is -0.922. The third-order valence-corrected chi connectivity index (χ3v) is 9.48. The Hall–Kier alpha value is -2.91. The molecule has 0 unspecified atom stereocenters. The van der Waals surface area contributed by atoms with Gasteiger partial charge in [-0.2, -0.15) is 0 Å². The topological polar surface area (TPSA) is 97.4 Å². The lowest BCUT2D eigenvalue weighted by atomic mass is 9.58. The zero-order valence-corrected chi connectivity index (χ0v) is 21.6. The number of hydrogen-bond acceptors (Lipinski definition) is 8. The number of rotatable bonds is 2. The summed E-state index contributed by atoms with van der Waals surface area (Å²) in [5.74, 6) is -1.59. The minimum Gasteiger partial charge on any atom is -0.432 e. The summed E-state index contributed by atoms with van der Waals surface area (Å²) in [7, 11) is 0. The van der Waals surface area contributed by atoms with Crippen molar-refractivity contribution in [3.8, 4) is 0 Å². The third kappa shape index (κ3) is 3.27. The quantitative estimate of drug-likeness (QED) is 0.352. The molecule has 2 aromatic rings. The molecule has 4 aliphatic heterocycles. The Labute approximate surface area is 220 Å². The van der Waals surface area contributed by atoms with Crippen LogP contribution in [-0.2, 0) is 24.0 Å². The van der Waals surface area contributed by atoms with Crippen molar-refractivity contribution in [3.63, 3.8) is 0 Å². The van der Waals surface area contributed by atoms with E-state index >= 15 is 0 Å². The number of fused-ring (bicyclic) bond motifs is 4. The maximum Gasteiger partial charge on any atom is 0.340 e. The van der Waals surface area contributed by atoms with Gasteiger partial charge in [0.05, 0.1) is 5.56 Å². The summed E-state index contributed by atoms with van der Waals surface area (Å²) in [5, 5.41) is 0. The molecule has 38 heavy (non-hydrogen) atoms. The van der Waals surface area contributed by atoms with E-state index in [4.69, 9.17) is 24.0 Å². The smallest absolute Gasteiger partial charge is 0.340 e. The highest BCUT2D eigenvalue weighted by atomic mass is 17.3. The predicted molar refractivity (Wildman–Crippen MR) is 132 cm³/mol. The van der Waals surface area contributed by atoms with Gasteiger partial charge >= 0.3 is 5.97 Å². The third-order valence-electron chi connectivity index (χ3n) is 9.48. The Bertz CT molecular complexity index is 1370. The summed E-state index contributed by atoms with van der Waals surface area (Å²) in [6, 6.07) is 11.2. The molecule has 0 amide bonds. The van der Waals surface area contributed by atoms with Crippen LogP contribution in [0, 0.1) is 23.7 Å². The SMILES string of the molecule is C[C@H]1[C@@H](OC(=O)c2ccc3c(c2)C(=O)c2ccccc2C3=O)O[C@@H]2O[C@@]3(C)CC[C@H]4[C@H](C)CC[C@@H]1[C@@]24OO3. The second-order valence-electron chi connectivity index (χ2n) is 11.6. The molecule has 6 aliphatic rings. The van der Waals surface area contributed by atoms with E-state index in [9.17, 15) is 14.4 Å². The van der Waals surface area contributed by atoms with Gasteiger partial charge in [-0.1, -0.05) is 38.1 Å². The van der Waals surface area contributed by atoms with E-state index in [1.807, 2.05) is 13.8 Å².